The molecule has 1 aliphatic heterocycles. The Morgan fingerprint density at radius 1 is 0.800 bits per heavy atom. The Bertz CT molecular complexity index is 927. The minimum absolute atomic E-state index is 0.0207. The lowest BCUT2D eigenvalue weighted by molar-refractivity contribution is -0.222. The molecule has 200 valence electrons. The van der Waals surface area contributed by atoms with Crippen LogP contribution in [0.15, 0.2) is 0 Å². The predicted octanol–water partition coefficient (Wildman–Crippen LogP) is 6.74. The molecule has 3 unspecified atom stereocenters. The summed E-state index contributed by atoms with van der Waals surface area (Å²) in [4.78, 5) is 0. The Morgan fingerprint density at radius 2 is 1.40 bits per heavy atom. The van der Waals surface area contributed by atoms with Gasteiger partial charge in [0.05, 0.1) is 23.4 Å². The van der Waals surface area contributed by atoms with Crippen LogP contribution in [-0.2, 0) is 4.74 Å². The highest BCUT2D eigenvalue weighted by Gasteiger charge is 2.84. The first-order valence-electron chi connectivity index (χ1n) is 14.4. The second kappa shape index (κ2) is 6.65. The lowest BCUT2D eigenvalue weighted by atomic mass is 9.41. The number of fused-ring (bicyclic) bond motifs is 2. The van der Waals surface area contributed by atoms with Gasteiger partial charge in [-0.1, -0.05) is 27.7 Å². The lowest BCUT2D eigenvalue weighted by Crippen LogP contribution is -2.60. The van der Waals surface area contributed by atoms with Crippen LogP contribution in [0.2, 0.25) is 0 Å². The largest absolute Gasteiger partial charge is 0.393 e. The molecule has 3 nitrogen and oxygen atoms in total. The zero-order valence-corrected chi connectivity index (χ0v) is 23.0. The van der Waals surface area contributed by atoms with E-state index in [0.29, 0.717) is 12.3 Å². The van der Waals surface area contributed by atoms with Crippen molar-refractivity contribution < 1.29 is 23.7 Å². The van der Waals surface area contributed by atoms with Crippen LogP contribution in [0, 0.1) is 44.8 Å². The molecule has 0 aromatic rings. The van der Waals surface area contributed by atoms with Gasteiger partial charge >= 0.3 is 0 Å². The van der Waals surface area contributed by atoms with Crippen molar-refractivity contribution in [3.05, 3.63) is 0 Å². The summed E-state index contributed by atoms with van der Waals surface area (Å²) in [5, 5.41) is 22.3. The Balaban J connectivity index is 1.34. The molecule has 2 spiro atoms. The first-order chi connectivity index (χ1) is 15.9. The monoisotopic (exact) mass is 494 g/mol. The first kappa shape index (κ1) is 25.0. The van der Waals surface area contributed by atoms with Gasteiger partial charge in [-0.3, -0.25) is 0 Å². The summed E-state index contributed by atoms with van der Waals surface area (Å²) in [6, 6.07) is 0. The van der Waals surface area contributed by atoms with Crippen LogP contribution in [0.4, 0.5) is 8.78 Å². The molecule has 0 radical (unpaired) electrons. The van der Waals surface area contributed by atoms with E-state index in [4.69, 9.17) is 4.74 Å². The topological polar surface area (TPSA) is 49.7 Å². The van der Waals surface area contributed by atoms with E-state index in [0.717, 1.165) is 51.4 Å². The van der Waals surface area contributed by atoms with Crippen molar-refractivity contribution in [2.75, 3.05) is 0 Å². The number of hydrogen-bond acceptors (Lipinski definition) is 3. The summed E-state index contributed by atoms with van der Waals surface area (Å²) in [5.74, 6) is -1.95. The molecule has 6 fully saturated rings. The fraction of sp³-hybridized carbons (Fsp3) is 1.00. The molecular formula is C30H48F2O3. The number of aliphatic hydroxyl groups is 2. The van der Waals surface area contributed by atoms with Crippen LogP contribution in [-0.4, -0.2) is 39.5 Å². The van der Waals surface area contributed by atoms with Gasteiger partial charge in [0.1, 0.15) is 0 Å². The second-order valence-corrected chi connectivity index (χ2v) is 15.8. The van der Waals surface area contributed by atoms with Gasteiger partial charge in [-0.25, -0.2) is 8.78 Å². The van der Waals surface area contributed by atoms with Crippen LogP contribution in [0.25, 0.3) is 0 Å². The third-order valence-corrected chi connectivity index (χ3v) is 13.9. The zero-order valence-electron chi connectivity index (χ0n) is 23.0. The number of alkyl halides is 2. The molecule has 0 bridgehead atoms. The molecule has 5 aliphatic carbocycles. The number of aliphatic hydroxyl groups excluding tert-OH is 1. The van der Waals surface area contributed by atoms with Gasteiger partial charge < -0.3 is 14.9 Å². The third-order valence-electron chi connectivity index (χ3n) is 13.9. The molecule has 6 aliphatic rings. The minimum Gasteiger partial charge on any atom is -0.393 e. The molecular weight excluding hydrogens is 446 g/mol. The Morgan fingerprint density at radius 3 is 2.03 bits per heavy atom. The first-order valence-corrected chi connectivity index (χ1v) is 14.4. The summed E-state index contributed by atoms with van der Waals surface area (Å²) in [6.07, 6.45) is 7.72. The highest BCUT2D eigenvalue weighted by Crippen LogP contribution is 2.90. The highest BCUT2D eigenvalue weighted by atomic mass is 19.3. The summed E-state index contributed by atoms with van der Waals surface area (Å²) in [6.45, 7) is 14.3. The zero-order chi connectivity index (χ0) is 25.7. The second-order valence-electron chi connectivity index (χ2n) is 15.8. The Kier molecular flexibility index (Phi) is 4.76. The number of rotatable bonds is 2. The summed E-state index contributed by atoms with van der Waals surface area (Å²) >= 11 is 0. The van der Waals surface area contributed by atoms with E-state index >= 15 is 8.78 Å². The van der Waals surface area contributed by atoms with Gasteiger partial charge in [0.2, 0.25) is 0 Å². The third kappa shape index (κ3) is 2.72. The quantitative estimate of drug-likeness (QED) is 0.447. The summed E-state index contributed by atoms with van der Waals surface area (Å²) in [7, 11) is 0. The van der Waals surface area contributed by atoms with Crippen LogP contribution in [0.1, 0.15) is 113 Å². The molecule has 6 rings (SSSR count). The molecule has 2 N–H and O–H groups in total. The molecule has 5 heteroatoms. The van der Waals surface area contributed by atoms with Crippen LogP contribution < -0.4 is 0 Å². The van der Waals surface area contributed by atoms with E-state index < -0.39 is 28.6 Å². The molecule has 0 aromatic heterocycles. The molecule has 1 saturated heterocycles. The van der Waals surface area contributed by atoms with Crippen molar-refractivity contribution in [2.24, 2.45) is 44.8 Å². The Labute approximate surface area is 210 Å². The minimum atomic E-state index is -2.58. The predicted molar refractivity (Wildman–Crippen MR) is 132 cm³/mol. The summed E-state index contributed by atoms with van der Waals surface area (Å²) < 4.78 is 36.8. The molecule has 35 heavy (non-hydrogen) atoms. The Hall–Kier alpha value is -0.260. The number of halogens is 2. The molecule has 0 aromatic carbocycles. The highest BCUT2D eigenvalue weighted by molar-refractivity contribution is 5.32. The maximum Gasteiger partial charge on any atom is 0.253 e. The maximum atomic E-state index is 15.1. The SMILES string of the molecule is CC(C)(O)C1CC[C@@](C)(C2[C@@H](O)C[C@@]3(C)[C@@H]4CCC5C(C)(C)C(F)(F)CC[C@@]56C[C@@]46CC[C@]23C)O1. The fourth-order valence-corrected chi connectivity index (χ4v) is 12.0. The van der Waals surface area contributed by atoms with Crippen molar-refractivity contribution in [3.8, 4) is 0 Å². The van der Waals surface area contributed by atoms with E-state index in [2.05, 4.69) is 20.8 Å². The molecule has 0 amide bonds. The molecule has 10 atom stereocenters. The van der Waals surface area contributed by atoms with Crippen molar-refractivity contribution in [2.45, 2.75) is 142 Å². The van der Waals surface area contributed by atoms with E-state index in [-0.39, 0.29) is 46.0 Å². The van der Waals surface area contributed by atoms with Gasteiger partial charge in [0.15, 0.2) is 0 Å². The van der Waals surface area contributed by atoms with Crippen molar-refractivity contribution >= 4 is 0 Å². The van der Waals surface area contributed by atoms with Crippen LogP contribution in [0.5, 0.6) is 0 Å². The average Bonchev–Trinajstić information content (AvgIpc) is 3.12. The van der Waals surface area contributed by atoms with Gasteiger partial charge in [0, 0.05) is 17.8 Å². The average molecular weight is 495 g/mol. The van der Waals surface area contributed by atoms with Crippen molar-refractivity contribution in [1.29, 1.82) is 0 Å². The van der Waals surface area contributed by atoms with Crippen molar-refractivity contribution in [1.82, 2.24) is 0 Å². The molecule has 1 heterocycles. The standard InChI is InChI=1S/C30H48F2O3/c1-23(2)19-8-9-20-26(6)16-18(33)22(27(7)11-10-21(35-27)24(3,4)34)25(26,5)12-13-29(20)17-28(19,29)14-15-30(23,31)32/h18-22,33-34H,8-17H2,1-7H3/t18-,19?,20-,21?,22?,25+,26-,27-,28+,29-/m0/s1. The van der Waals surface area contributed by atoms with Gasteiger partial charge in [-0.05, 0) is 112 Å². The van der Waals surface area contributed by atoms with Gasteiger partial charge in [-0.2, -0.15) is 0 Å². The van der Waals surface area contributed by atoms with Crippen LogP contribution >= 0.6 is 0 Å². The smallest absolute Gasteiger partial charge is 0.253 e. The maximum absolute atomic E-state index is 15.1. The van der Waals surface area contributed by atoms with E-state index in [1.165, 1.54) is 0 Å². The van der Waals surface area contributed by atoms with E-state index in [9.17, 15) is 10.2 Å². The summed E-state index contributed by atoms with van der Waals surface area (Å²) in [5.41, 5.74) is -2.10. The van der Waals surface area contributed by atoms with Crippen LogP contribution in [0.3, 0.4) is 0 Å². The number of ether oxygens (including phenoxy) is 1. The fourth-order valence-electron chi connectivity index (χ4n) is 12.0. The molecule has 5 saturated carbocycles. The van der Waals surface area contributed by atoms with Gasteiger partial charge in [-0.15, -0.1) is 0 Å². The normalized spacial score (nSPS) is 58.2. The van der Waals surface area contributed by atoms with Crippen molar-refractivity contribution in [3.63, 3.8) is 0 Å². The number of hydrogen-bond donors (Lipinski definition) is 2. The lowest BCUT2D eigenvalue weighted by Gasteiger charge is -2.63. The van der Waals surface area contributed by atoms with E-state index in [1.54, 1.807) is 0 Å². The van der Waals surface area contributed by atoms with E-state index in [1.807, 2.05) is 27.7 Å². The van der Waals surface area contributed by atoms with Gasteiger partial charge in [0.25, 0.3) is 5.92 Å².